The van der Waals surface area contributed by atoms with Crippen LogP contribution in [0.15, 0.2) is 60.8 Å². The van der Waals surface area contributed by atoms with E-state index in [-0.39, 0.29) is 6.79 Å². The molecule has 0 amide bonds. The Morgan fingerprint density at radius 2 is 1.86 bits per heavy atom. The minimum atomic E-state index is 0.283. The lowest BCUT2D eigenvalue weighted by Gasteiger charge is -2.18. The highest BCUT2D eigenvalue weighted by Gasteiger charge is 2.28. The van der Waals surface area contributed by atoms with Gasteiger partial charge >= 0.3 is 0 Å². The zero-order valence-electron chi connectivity index (χ0n) is 19.5. The van der Waals surface area contributed by atoms with Gasteiger partial charge in [-0.05, 0) is 65.9 Å². The van der Waals surface area contributed by atoms with Crippen molar-refractivity contribution in [3.63, 3.8) is 0 Å². The summed E-state index contributed by atoms with van der Waals surface area (Å²) in [6.45, 7) is 2.54. The van der Waals surface area contributed by atoms with E-state index in [1.54, 1.807) is 7.11 Å². The number of aryl methyl sites for hydroxylation is 2. The molecular weight excluding hydrogens is 464 g/mol. The van der Waals surface area contributed by atoms with Crippen molar-refractivity contribution in [1.82, 2.24) is 0 Å². The molecule has 2 aliphatic rings. The molecule has 3 aromatic carbocycles. The second kappa shape index (κ2) is 9.19. The average molecular weight is 490 g/mol. The number of nitrogens with zero attached hydrogens (tertiary/aromatic N) is 1. The number of hydrogen-bond acceptors (Lipinski definition) is 5. The van der Waals surface area contributed by atoms with Crippen molar-refractivity contribution in [2.45, 2.75) is 19.4 Å². The maximum atomic E-state index is 6.28. The highest BCUT2D eigenvalue weighted by Crippen LogP contribution is 2.41. The van der Waals surface area contributed by atoms with Crippen LogP contribution in [0.3, 0.4) is 0 Å². The molecule has 7 heteroatoms. The fraction of sp³-hybridized carbons (Fsp3) is 0.250. The molecule has 0 atom stereocenters. The molecule has 0 spiro atoms. The fourth-order valence-corrected chi connectivity index (χ4v) is 4.88. The minimum absolute atomic E-state index is 0.283. The summed E-state index contributed by atoms with van der Waals surface area (Å²) in [7, 11) is 1.68. The van der Waals surface area contributed by atoms with Gasteiger partial charge in [0.15, 0.2) is 35.7 Å². The lowest BCUT2D eigenvalue weighted by molar-refractivity contribution is -0.686. The van der Waals surface area contributed by atoms with E-state index in [1.165, 1.54) is 16.8 Å². The van der Waals surface area contributed by atoms with Crippen molar-refractivity contribution in [3.8, 4) is 34.3 Å². The first-order valence-corrected chi connectivity index (χ1v) is 12.2. The SMILES string of the molecule is COc1ccc2cc3[n+](cc2c1OCCCNc1ccc(Cl)cc1)CCc1cc2c(cc1-3)OCO2. The van der Waals surface area contributed by atoms with E-state index < -0.39 is 0 Å². The van der Waals surface area contributed by atoms with Crippen LogP contribution in [-0.2, 0) is 13.0 Å². The molecule has 4 aromatic rings. The predicted molar refractivity (Wildman–Crippen MR) is 136 cm³/mol. The molecule has 0 aliphatic carbocycles. The van der Waals surface area contributed by atoms with Gasteiger partial charge in [-0.1, -0.05) is 11.6 Å². The van der Waals surface area contributed by atoms with Crippen LogP contribution in [0.2, 0.25) is 5.02 Å². The summed E-state index contributed by atoms with van der Waals surface area (Å²) in [6.07, 6.45) is 3.97. The first-order chi connectivity index (χ1) is 17.2. The molecule has 6 nitrogen and oxygen atoms in total. The third kappa shape index (κ3) is 4.19. The molecule has 3 heterocycles. The van der Waals surface area contributed by atoms with Crippen LogP contribution in [0.1, 0.15) is 12.0 Å². The smallest absolute Gasteiger partial charge is 0.231 e. The van der Waals surface area contributed by atoms with E-state index in [9.17, 15) is 0 Å². The lowest BCUT2D eigenvalue weighted by atomic mass is 9.95. The molecule has 0 fully saturated rings. The second-order valence-electron chi connectivity index (χ2n) is 8.70. The Kier molecular flexibility index (Phi) is 5.74. The Balaban J connectivity index is 1.25. The zero-order chi connectivity index (χ0) is 23.8. The summed E-state index contributed by atoms with van der Waals surface area (Å²) in [5.41, 5.74) is 4.68. The average Bonchev–Trinajstić information content (AvgIpc) is 3.34. The van der Waals surface area contributed by atoms with E-state index in [0.29, 0.717) is 6.61 Å². The van der Waals surface area contributed by atoms with E-state index in [4.69, 9.17) is 30.5 Å². The minimum Gasteiger partial charge on any atom is -0.493 e. The van der Waals surface area contributed by atoms with Crippen LogP contribution >= 0.6 is 11.6 Å². The summed E-state index contributed by atoms with van der Waals surface area (Å²) >= 11 is 5.96. The highest BCUT2D eigenvalue weighted by molar-refractivity contribution is 6.30. The van der Waals surface area contributed by atoms with Gasteiger partial charge in [0.25, 0.3) is 0 Å². The monoisotopic (exact) mass is 489 g/mol. The molecule has 0 radical (unpaired) electrons. The number of rotatable bonds is 7. The summed E-state index contributed by atoms with van der Waals surface area (Å²) in [4.78, 5) is 0. The van der Waals surface area contributed by atoms with Gasteiger partial charge in [0, 0.05) is 29.7 Å². The lowest BCUT2D eigenvalue weighted by Crippen LogP contribution is -2.40. The highest BCUT2D eigenvalue weighted by atomic mass is 35.5. The number of benzene rings is 3. The number of hydrogen-bond donors (Lipinski definition) is 1. The van der Waals surface area contributed by atoms with Gasteiger partial charge in [0.2, 0.25) is 12.5 Å². The molecule has 1 aromatic heterocycles. The number of ether oxygens (including phenoxy) is 4. The molecule has 178 valence electrons. The van der Waals surface area contributed by atoms with Crippen LogP contribution in [-0.4, -0.2) is 27.1 Å². The van der Waals surface area contributed by atoms with Gasteiger partial charge in [-0.25, -0.2) is 0 Å². The third-order valence-electron chi connectivity index (χ3n) is 6.54. The van der Waals surface area contributed by atoms with Crippen molar-refractivity contribution < 1.29 is 23.5 Å². The predicted octanol–water partition coefficient (Wildman–Crippen LogP) is 5.62. The standard InChI is InChI=1S/C28H26ClN2O4/c1-32-25-8-3-18-13-24-22-15-27-26(34-17-35-27)14-19(22)9-11-31(24)16-23(18)28(25)33-12-2-10-30-21-6-4-20(29)5-7-21/h3-8,13-16,30H,2,9-12,17H2,1H3/q+1. The molecule has 35 heavy (non-hydrogen) atoms. The Labute approximate surface area is 209 Å². The maximum absolute atomic E-state index is 6.28. The molecular formula is C28H26ClN2O4+. The van der Waals surface area contributed by atoms with Crippen LogP contribution in [0, 0.1) is 0 Å². The van der Waals surface area contributed by atoms with Crippen LogP contribution in [0.5, 0.6) is 23.0 Å². The van der Waals surface area contributed by atoms with Crippen molar-refractivity contribution in [3.05, 3.63) is 71.4 Å². The van der Waals surface area contributed by atoms with E-state index in [1.807, 2.05) is 30.3 Å². The summed E-state index contributed by atoms with van der Waals surface area (Å²) in [5, 5.41) is 6.28. The van der Waals surface area contributed by atoms with Gasteiger partial charge in [-0.15, -0.1) is 0 Å². The first-order valence-electron chi connectivity index (χ1n) is 11.8. The molecule has 2 aliphatic heterocycles. The molecule has 1 N–H and O–H groups in total. The van der Waals surface area contributed by atoms with Gasteiger partial charge < -0.3 is 24.3 Å². The van der Waals surface area contributed by atoms with Gasteiger partial charge in [-0.2, -0.15) is 4.57 Å². The number of fused-ring (bicyclic) bond motifs is 5. The third-order valence-corrected chi connectivity index (χ3v) is 6.79. The topological polar surface area (TPSA) is 52.8 Å². The summed E-state index contributed by atoms with van der Waals surface area (Å²) < 4.78 is 25.4. The number of aromatic nitrogens is 1. The Morgan fingerprint density at radius 3 is 2.69 bits per heavy atom. The van der Waals surface area contributed by atoms with E-state index in [2.05, 4.69) is 40.3 Å². The van der Waals surface area contributed by atoms with Gasteiger partial charge in [0.05, 0.1) is 24.7 Å². The second-order valence-corrected chi connectivity index (χ2v) is 9.14. The van der Waals surface area contributed by atoms with Crippen LogP contribution < -0.4 is 28.8 Å². The van der Waals surface area contributed by atoms with Gasteiger partial charge in [-0.3, -0.25) is 0 Å². The Hall–Kier alpha value is -3.64. The van der Waals surface area contributed by atoms with Crippen molar-refractivity contribution >= 4 is 28.1 Å². The van der Waals surface area contributed by atoms with Crippen molar-refractivity contribution in [1.29, 1.82) is 0 Å². The van der Waals surface area contributed by atoms with Crippen molar-refractivity contribution in [2.24, 2.45) is 0 Å². The quantitative estimate of drug-likeness (QED) is 0.269. The van der Waals surface area contributed by atoms with E-state index >= 15 is 0 Å². The van der Waals surface area contributed by atoms with E-state index in [0.717, 1.165) is 70.4 Å². The zero-order valence-corrected chi connectivity index (χ0v) is 20.2. The molecule has 0 saturated carbocycles. The van der Waals surface area contributed by atoms with Crippen LogP contribution in [0.25, 0.3) is 22.0 Å². The largest absolute Gasteiger partial charge is 0.493 e. The molecule has 0 saturated heterocycles. The van der Waals surface area contributed by atoms with Gasteiger partial charge in [0.1, 0.15) is 0 Å². The molecule has 0 bridgehead atoms. The number of halogens is 1. The number of nitrogens with one attached hydrogen (secondary N) is 1. The molecule has 6 rings (SSSR count). The maximum Gasteiger partial charge on any atom is 0.231 e. The van der Waals surface area contributed by atoms with Crippen molar-refractivity contribution in [2.75, 3.05) is 32.4 Å². The molecule has 0 unspecified atom stereocenters. The summed E-state index contributed by atoms with van der Waals surface area (Å²) in [5.74, 6) is 3.17. The number of methoxy groups -OCH3 is 1. The first kappa shape index (κ1) is 21.9. The summed E-state index contributed by atoms with van der Waals surface area (Å²) in [6, 6.07) is 18.2. The van der Waals surface area contributed by atoms with Crippen LogP contribution in [0.4, 0.5) is 5.69 Å². The normalized spacial score (nSPS) is 13.3. The Morgan fingerprint density at radius 1 is 1.03 bits per heavy atom. The number of anilines is 1. The fourth-order valence-electron chi connectivity index (χ4n) is 4.75. The Bertz CT molecular complexity index is 1400. The number of pyridine rings is 1.